The minimum absolute atomic E-state index is 0.117. The standard InChI is InChI=1S/C26H27N3O5S/c1-3-34-26(32)27-20-11-9-19(10-12-20)23(30)28-24-21(25(31)29-13-15-33-16-14-29)17(2)22(35-24)18-7-5-4-6-8-18/h4-12H,3,13-16H2,1-2H3,(H,27,32)(H,28,30). The number of ether oxygens (including phenoxy) is 2. The Morgan fingerprint density at radius 3 is 2.34 bits per heavy atom. The predicted octanol–water partition coefficient (Wildman–Crippen LogP) is 5.02. The highest BCUT2D eigenvalue weighted by Crippen LogP contribution is 2.40. The van der Waals surface area contributed by atoms with Gasteiger partial charge < -0.3 is 19.7 Å². The number of anilines is 2. The van der Waals surface area contributed by atoms with Crippen molar-refractivity contribution in [3.63, 3.8) is 0 Å². The summed E-state index contributed by atoms with van der Waals surface area (Å²) >= 11 is 1.39. The Morgan fingerprint density at radius 2 is 1.69 bits per heavy atom. The minimum atomic E-state index is -0.557. The zero-order valence-corrected chi connectivity index (χ0v) is 20.4. The number of amides is 3. The molecule has 2 heterocycles. The number of nitrogens with zero attached hydrogens (tertiary/aromatic N) is 1. The summed E-state index contributed by atoms with van der Waals surface area (Å²) in [5.74, 6) is -0.460. The lowest BCUT2D eigenvalue weighted by atomic mass is 10.1. The second-order valence-corrected chi connectivity index (χ2v) is 8.93. The van der Waals surface area contributed by atoms with Gasteiger partial charge in [0.2, 0.25) is 0 Å². The first-order valence-corrected chi connectivity index (χ1v) is 12.2. The van der Waals surface area contributed by atoms with E-state index in [1.807, 2.05) is 37.3 Å². The van der Waals surface area contributed by atoms with Gasteiger partial charge in [-0.2, -0.15) is 0 Å². The van der Waals surface area contributed by atoms with Crippen molar-refractivity contribution in [2.45, 2.75) is 13.8 Å². The quantitative estimate of drug-likeness (QED) is 0.503. The third kappa shape index (κ3) is 5.70. The summed E-state index contributed by atoms with van der Waals surface area (Å²) in [5.41, 5.74) is 3.24. The molecule has 0 spiro atoms. The van der Waals surface area contributed by atoms with Crippen molar-refractivity contribution in [2.75, 3.05) is 43.5 Å². The van der Waals surface area contributed by atoms with Crippen molar-refractivity contribution >= 4 is 39.9 Å². The van der Waals surface area contributed by atoms with E-state index in [0.29, 0.717) is 48.1 Å². The molecule has 1 fully saturated rings. The number of hydrogen-bond acceptors (Lipinski definition) is 6. The highest BCUT2D eigenvalue weighted by molar-refractivity contribution is 7.20. The summed E-state index contributed by atoms with van der Waals surface area (Å²) in [7, 11) is 0. The van der Waals surface area contributed by atoms with Crippen molar-refractivity contribution < 1.29 is 23.9 Å². The summed E-state index contributed by atoms with van der Waals surface area (Å²) in [6, 6.07) is 16.3. The Hall–Kier alpha value is -3.69. The molecule has 9 heteroatoms. The Balaban J connectivity index is 1.61. The van der Waals surface area contributed by atoms with Gasteiger partial charge in [0.1, 0.15) is 5.00 Å². The molecule has 8 nitrogen and oxygen atoms in total. The summed E-state index contributed by atoms with van der Waals surface area (Å²) in [4.78, 5) is 40.9. The molecule has 0 radical (unpaired) electrons. The maximum atomic E-state index is 13.5. The fraction of sp³-hybridized carbons (Fsp3) is 0.269. The van der Waals surface area contributed by atoms with E-state index in [1.165, 1.54) is 11.3 Å². The van der Waals surface area contributed by atoms with Gasteiger partial charge in [-0.25, -0.2) is 4.79 Å². The van der Waals surface area contributed by atoms with Gasteiger partial charge >= 0.3 is 6.09 Å². The van der Waals surface area contributed by atoms with Crippen LogP contribution in [0, 0.1) is 6.92 Å². The number of morpholine rings is 1. The zero-order valence-electron chi connectivity index (χ0n) is 19.6. The van der Waals surface area contributed by atoms with Gasteiger partial charge in [-0.1, -0.05) is 30.3 Å². The number of nitrogens with one attached hydrogen (secondary N) is 2. The molecule has 35 heavy (non-hydrogen) atoms. The highest BCUT2D eigenvalue weighted by atomic mass is 32.1. The molecular formula is C26H27N3O5S. The molecule has 0 unspecified atom stereocenters. The second kappa shape index (κ2) is 11.2. The smallest absolute Gasteiger partial charge is 0.411 e. The second-order valence-electron chi connectivity index (χ2n) is 7.91. The molecule has 1 saturated heterocycles. The van der Waals surface area contributed by atoms with Gasteiger partial charge in [0, 0.05) is 29.2 Å². The molecular weight excluding hydrogens is 466 g/mol. The molecule has 0 bridgehead atoms. The Morgan fingerprint density at radius 1 is 1.00 bits per heavy atom. The average Bonchev–Trinajstić information content (AvgIpc) is 3.20. The van der Waals surface area contributed by atoms with Crippen molar-refractivity contribution in [1.29, 1.82) is 0 Å². The number of carbonyl (C=O) groups is 3. The monoisotopic (exact) mass is 493 g/mol. The Labute approximate surface area is 207 Å². The molecule has 1 aromatic heterocycles. The minimum Gasteiger partial charge on any atom is -0.450 e. The van der Waals surface area contributed by atoms with E-state index in [2.05, 4.69) is 10.6 Å². The summed E-state index contributed by atoms with van der Waals surface area (Å²) in [6.07, 6.45) is -0.557. The summed E-state index contributed by atoms with van der Waals surface area (Å²) < 4.78 is 10.3. The fourth-order valence-electron chi connectivity index (χ4n) is 3.81. The van der Waals surface area contributed by atoms with Crippen LogP contribution in [0.5, 0.6) is 0 Å². The van der Waals surface area contributed by atoms with Crippen LogP contribution in [0.4, 0.5) is 15.5 Å². The number of carbonyl (C=O) groups excluding carboxylic acids is 3. The first-order chi connectivity index (χ1) is 17.0. The van der Waals surface area contributed by atoms with E-state index < -0.39 is 6.09 Å². The molecule has 182 valence electrons. The van der Waals surface area contributed by atoms with Crippen LogP contribution in [-0.4, -0.2) is 55.7 Å². The van der Waals surface area contributed by atoms with Crippen molar-refractivity contribution in [3.05, 3.63) is 71.3 Å². The van der Waals surface area contributed by atoms with E-state index in [4.69, 9.17) is 9.47 Å². The third-order valence-electron chi connectivity index (χ3n) is 5.59. The predicted molar refractivity (Wildman–Crippen MR) is 136 cm³/mol. The molecule has 4 rings (SSSR count). The van der Waals surface area contributed by atoms with Gasteiger partial charge in [-0.15, -0.1) is 11.3 Å². The fourth-order valence-corrected chi connectivity index (χ4v) is 5.01. The number of thiophene rings is 1. The van der Waals surface area contributed by atoms with Crippen LogP contribution in [0.3, 0.4) is 0 Å². The van der Waals surface area contributed by atoms with Gasteiger partial charge in [0.05, 0.1) is 25.4 Å². The van der Waals surface area contributed by atoms with Crippen LogP contribution in [0.2, 0.25) is 0 Å². The van der Waals surface area contributed by atoms with E-state index in [-0.39, 0.29) is 18.4 Å². The summed E-state index contributed by atoms with van der Waals surface area (Å²) in [5, 5.41) is 6.05. The SMILES string of the molecule is CCOC(=O)Nc1ccc(C(=O)Nc2sc(-c3ccccc3)c(C)c2C(=O)N2CCOCC2)cc1. The lowest BCUT2D eigenvalue weighted by Gasteiger charge is -2.27. The molecule has 3 aromatic rings. The normalized spacial score (nSPS) is 13.3. The summed E-state index contributed by atoms with van der Waals surface area (Å²) in [6.45, 7) is 5.92. The molecule has 0 atom stereocenters. The van der Waals surface area contributed by atoms with Crippen LogP contribution in [-0.2, 0) is 9.47 Å². The van der Waals surface area contributed by atoms with Gasteiger partial charge in [-0.3, -0.25) is 14.9 Å². The van der Waals surface area contributed by atoms with Crippen LogP contribution in [0.1, 0.15) is 33.2 Å². The van der Waals surface area contributed by atoms with Crippen LogP contribution in [0.15, 0.2) is 54.6 Å². The molecule has 0 saturated carbocycles. The molecule has 0 aliphatic carbocycles. The first kappa shape index (κ1) is 24.4. The van der Waals surface area contributed by atoms with Gasteiger partial charge in [0.25, 0.3) is 11.8 Å². The van der Waals surface area contributed by atoms with Crippen molar-refractivity contribution in [1.82, 2.24) is 4.90 Å². The van der Waals surface area contributed by atoms with Gasteiger partial charge in [-0.05, 0) is 49.2 Å². The molecule has 1 aliphatic rings. The van der Waals surface area contributed by atoms with E-state index in [0.717, 1.165) is 16.0 Å². The van der Waals surface area contributed by atoms with Gasteiger partial charge in [0.15, 0.2) is 0 Å². The molecule has 3 amide bonds. The van der Waals surface area contributed by atoms with E-state index >= 15 is 0 Å². The topological polar surface area (TPSA) is 97.0 Å². The highest BCUT2D eigenvalue weighted by Gasteiger charge is 2.28. The number of hydrogen-bond donors (Lipinski definition) is 2. The van der Waals surface area contributed by atoms with Crippen molar-refractivity contribution in [3.8, 4) is 10.4 Å². The zero-order chi connectivity index (χ0) is 24.8. The first-order valence-electron chi connectivity index (χ1n) is 11.4. The van der Waals surface area contributed by atoms with Crippen molar-refractivity contribution in [2.24, 2.45) is 0 Å². The number of rotatable bonds is 6. The third-order valence-corrected chi connectivity index (χ3v) is 6.85. The van der Waals surface area contributed by atoms with E-state index in [9.17, 15) is 14.4 Å². The van der Waals surface area contributed by atoms with Crippen LogP contribution < -0.4 is 10.6 Å². The Bertz CT molecular complexity index is 1200. The molecule has 1 aliphatic heterocycles. The lowest BCUT2D eigenvalue weighted by molar-refractivity contribution is 0.0303. The van der Waals surface area contributed by atoms with Crippen LogP contribution in [0.25, 0.3) is 10.4 Å². The maximum Gasteiger partial charge on any atom is 0.411 e. The largest absolute Gasteiger partial charge is 0.450 e. The molecule has 2 aromatic carbocycles. The average molecular weight is 494 g/mol. The maximum absolute atomic E-state index is 13.5. The van der Waals surface area contributed by atoms with E-state index in [1.54, 1.807) is 36.1 Å². The van der Waals surface area contributed by atoms with Crippen LogP contribution >= 0.6 is 11.3 Å². The Kier molecular flexibility index (Phi) is 7.79. The number of benzene rings is 2. The molecule has 2 N–H and O–H groups in total. The lowest BCUT2D eigenvalue weighted by Crippen LogP contribution is -2.41.